The molecular weight excluding hydrogens is 340 g/mol. The van der Waals surface area contributed by atoms with E-state index >= 15 is 0 Å². The minimum atomic E-state index is 0.778. The van der Waals surface area contributed by atoms with E-state index in [1.54, 1.807) is 0 Å². The Balaban J connectivity index is 1.66. The second kappa shape index (κ2) is 6.82. The molecule has 5 aromatic rings. The summed E-state index contributed by atoms with van der Waals surface area (Å²) in [6, 6.07) is 31.9. The van der Waals surface area contributed by atoms with Gasteiger partial charge in [0, 0.05) is 12.1 Å². The number of aromatic nitrogens is 2. The van der Waals surface area contributed by atoms with E-state index < -0.39 is 0 Å². The summed E-state index contributed by atoms with van der Waals surface area (Å²) in [5.74, 6) is 1.000. The smallest absolute Gasteiger partial charge is 0.141 e. The summed E-state index contributed by atoms with van der Waals surface area (Å²) in [4.78, 5) is 4.97. The fourth-order valence-corrected chi connectivity index (χ4v) is 3.73. The lowest BCUT2D eigenvalue weighted by molar-refractivity contribution is 0.834. The molecule has 134 valence electrons. The molecule has 0 fully saturated rings. The Morgan fingerprint density at radius 1 is 0.786 bits per heavy atom. The summed E-state index contributed by atoms with van der Waals surface area (Å²) in [6.07, 6.45) is 1.87. The fourth-order valence-electron chi connectivity index (χ4n) is 3.73. The molecule has 2 heteroatoms. The molecule has 0 saturated carbocycles. The van der Waals surface area contributed by atoms with Gasteiger partial charge in [0.2, 0.25) is 0 Å². The Morgan fingerprint density at radius 3 is 2.36 bits per heavy atom. The molecule has 0 saturated heterocycles. The highest BCUT2D eigenvalue weighted by Crippen LogP contribution is 2.28. The monoisotopic (exact) mass is 360 g/mol. The Kier molecular flexibility index (Phi) is 4.02. The van der Waals surface area contributed by atoms with Crippen molar-refractivity contribution in [3.63, 3.8) is 0 Å². The molecular formula is C26H20N2. The van der Waals surface area contributed by atoms with E-state index in [9.17, 15) is 0 Å². The number of fused-ring (bicyclic) bond motifs is 2. The maximum absolute atomic E-state index is 4.97. The Bertz CT molecular complexity index is 1290. The SMILES string of the molecule is C=Cc1ccc(Cn2c(-c3ccc4ccccc4c3)nc3ccccc32)cc1. The second-order valence-corrected chi connectivity index (χ2v) is 7.02. The van der Waals surface area contributed by atoms with E-state index in [1.165, 1.54) is 16.3 Å². The highest BCUT2D eigenvalue weighted by atomic mass is 15.1. The quantitative estimate of drug-likeness (QED) is 0.355. The number of imidazole rings is 1. The maximum Gasteiger partial charge on any atom is 0.141 e. The van der Waals surface area contributed by atoms with Crippen molar-refractivity contribution in [3.05, 3.63) is 109 Å². The Labute approximate surface area is 164 Å². The normalized spacial score (nSPS) is 11.1. The second-order valence-electron chi connectivity index (χ2n) is 7.02. The van der Waals surface area contributed by atoms with Crippen LogP contribution in [-0.2, 0) is 6.54 Å². The molecule has 0 N–H and O–H groups in total. The van der Waals surface area contributed by atoms with Crippen LogP contribution in [0.15, 0.2) is 97.6 Å². The number of benzene rings is 4. The molecule has 0 aliphatic rings. The summed E-state index contributed by atoms with van der Waals surface area (Å²) in [5.41, 5.74) is 5.69. The van der Waals surface area contributed by atoms with Crippen LogP contribution in [0.2, 0.25) is 0 Å². The minimum Gasteiger partial charge on any atom is -0.319 e. The van der Waals surface area contributed by atoms with Gasteiger partial charge in [-0.1, -0.05) is 85.5 Å². The van der Waals surface area contributed by atoms with Gasteiger partial charge in [0.25, 0.3) is 0 Å². The van der Waals surface area contributed by atoms with Crippen molar-refractivity contribution in [1.82, 2.24) is 9.55 Å². The number of hydrogen-bond acceptors (Lipinski definition) is 1. The van der Waals surface area contributed by atoms with Crippen molar-refractivity contribution >= 4 is 27.9 Å². The fraction of sp³-hybridized carbons (Fsp3) is 0.0385. The highest BCUT2D eigenvalue weighted by molar-refractivity contribution is 5.88. The topological polar surface area (TPSA) is 17.8 Å². The van der Waals surface area contributed by atoms with Gasteiger partial charge in [-0.05, 0) is 40.1 Å². The zero-order chi connectivity index (χ0) is 18.9. The van der Waals surface area contributed by atoms with Gasteiger partial charge < -0.3 is 4.57 Å². The summed E-state index contributed by atoms with van der Waals surface area (Å²) in [6.45, 7) is 4.62. The van der Waals surface area contributed by atoms with Crippen LogP contribution in [0.4, 0.5) is 0 Å². The van der Waals surface area contributed by atoms with Gasteiger partial charge in [-0.15, -0.1) is 0 Å². The van der Waals surface area contributed by atoms with E-state index in [2.05, 4.69) is 96.1 Å². The van der Waals surface area contributed by atoms with E-state index in [-0.39, 0.29) is 0 Å². The molecule has 0 radical (unpaired) electrons. The molecule has 1 heterocycles. The Morgan fingerprint density at radius 2 is 1.54 bits per heavy atom. The van der Waals surface area contributed by atoms with Crippen LogP contribution in [0.25, 0.3) is 39.3 Å². The van der Waals surface area contributed by atoms with Gasteiger partial charge in [0.05, 0.1) is 11.0 Å². The summed E-state index contributed by atoms with van der Waals surface area (Å²) in [7, 11) is 0. The molecule has 0 aliphatic carbocycles. The van der Waals surface area contributed by atoms with Crippen LogP contribution in [0.3, 0.4) is 0 Å². The molecule has 0 unspecified atom stereocenters. The van der Waals surface area contributed by atoms with Crippen molar-refractivity contribution in [2.24, 2.45) is 0 Å². The van der Waals surface area contributed by atoms with Gasteiger partial charge >= 0.3 is 0 Å². The number of nitrogens with zero attached hydrogens (tertiary/aromatic N) is 2. The van der Waals surface area contributed by atoms with Gasteiger partial charge in [-0.2, -0.15) is 0 Å². The standard InChI is InChI=1S/C26H20N2/c1-2-19-11-13-20(14-12-19)18-28-25-10-6-5-9-24(25)27-26(28)23-16-15-21-7-3-4-8-22(21)17-23/h2-17H,1,18H2. The van der Waals surface area contributed by atoms with Gasteiger partial charge in [0.15, 0.2) is 0 Å². The zero-order valence-corrected chi connectivity index (χ0v) is 15.5. The van der Waals surface area contributed by atoms with E-state index in [4.69, 9.17) is 4.98 Å². The van der Waals surface area contributed by atoms with Crippen LogP contribution in [-0.4, -0.2) is 9.55 Å². The molecule has 5 rings (SSSR count). The van der Waals surface area contributed by atoms with E-state index in [0.29, 0.717) is 0 Å². The van der Waals surface area contributed by atoms with Gasteiger partial charge in [-0.25, -0.2) is 4.98 Å². The van der Waals surface area contributed by atoms with Crippen molar-refractivity contribution in [2.75, 3.05) is 0 Å². The number of hydrogen-bond donors (Lipinski definition) is 0. The molecule has 0 bridgehead atoms. The number of para-hydroxylation sites is 2. The predicted molar refractivity (Wildman–Crippen MR) is 118 cm³/mol. The van der Waals surface area contributed by atoms with Gasteiger partial charge in [-0.3, -0.25) is 0 Å². The van der Waals surface area contributed by atoms with Crippen molar-refractivity contribution < 1.29 is 0 Å². The lowest BCUT2D eigenvalue weighted by atomic mass is 10.1. The van der Waals surface area contributed by atoms with Crippen molar-refractivity contribution in [2.45, 2.75) is 6.54 Å². The minimum absolute atomic E-state index is 0.778. The van der Waals surface area contributed by atoms with E-state index in [0.717, 1.165) is 34.5 Å². The lowest BCUT2D eigenvalue weighted by Gasteiger charge is -2.11. The molecule has 4 aromatic carbocycles. The van der Waals surface area contributed by atoms with Crippen LogP contribution >= 0.6 is 0 Å². The predicted octanol–water partition coefficient (Wildman–Crippen LogP) is 6.55. The van der Waals surface area contributed by atoms with Crippen LogP contribution in [0.1, 0.15) is 11.1 Å². The van der Waals surface area contributed by atoms with E-state index in [1.807, 2.05) is 12.1 Å². The largest absolute Gasteiger partial charge is 0.319 e. The molecule has 0 aliphatic heterocycles. The number of rotatable bonds is 4. The highest BCUT2D eigenvalue weighted by Gasteiger charge is 2.13. The summed E-state index contributed by atoms with van der Waals surface area (Å²) >= 11 is 0. The van der Waals surface area contributed by atoms with Crippen LogP contribution < -0.4 is 0 Å². The molecule has 28 heavy (non-hydrogen) atoms. The maximum atomic E-state index is 4.97. The van der Waals surface area contributed by atoms with Crippen molar-refractivity contribution in [3.8, 4) is 11.4 Å². The molecule has 1 aromatic heterocycles. The summed E-state index contributed by atoms with van der Waals surface area (Å²) in [5, 5.41) is 2.47. The van der Waals surface area contributed by atoms with Crippen molar-refractivity contribution in [1.29, 1.82) is 0 Å². The first-order valence-electron chi connectivity index (χ1n) is 9.48. The molecule has 0 spiro atoms. The lowest BCUT2D eigenvalue weighted by Crippen LogP contribution is -2.02. The van der Waals surface area contributed by atoms with Crippen LogP contribution in [0, 0.1) is 0 Å². The molecule has 2 nitrogen and oxygen atoms in total. The zero-order valence-electron chi connectivity index (χ0n) is 15.5. The third-order valence-corrected chi connectivity index (χ3v) is 5.22. The first-order valence-corrected chi connectivity index (χ1v) is 9.48. The molecule has 0 atom stereocenters. The third kappa shape index (κ3) is 2.89. The molecule has 0 amide bonds. The Hall–Kier alpha value is -3.65. The van der Waals surface area contributed by atoms with Gasteiger partial charge in [0.1, 0.15) is 5.82 Å². The first-order chi connectivity index (χ1) is 13.8. The third-order valence-electron chi connectivity index (χ3n) is 5.22. The first kappa shape index (κ1) is 16.5. The van der Waals surface area contributed by atoms with Crippen LogP contribution in [0.5, 0.6) is 0 Å². The summed E-state index contributed by atoms with van der Waals surface area (Å²) < 4.78 is 2.31. The average molecular weight is 360 g/mol. The average Bonchev–Trinajstić information content (AvgIpc) is 3.12.